The molecule has 5 nitrogen and oxygen atoms in total. The molecule has 1 unspecified atom stereocenters. The van der Waals surface area contributed by atoms with Gasteiger partial charge in [-0.3, -0.25) is 9.59 Å². The van der Waals surface area contributed by atoms with Crippen molar-refractivity contribution in [2.45, 2.75) is 26.4 Å². The normalized spacial score (nSPS) is 11.9. The van der Waals surface area contributed by atoms with Crippen LogP contribution in [0.1, 0.15) is 35.7 Å². The quantitative estimate of drug-likeness (QED) is 0.695. The van der Waals surface area contributed by atoms with Crippen molar-refractivity contribution in [2.75, 3.05) is 6.54 Å². The van der Waals surface area contributed by atoms with Crippen LogP contribution in [0.2, 0.25) is 0 Å². The van der Waals surface area contributed by atoms with Gasteiger partial charge < -0.3 is 15.5 Å². The summed E-state index contributed by atoms with van der Waals surface area (Å²) in [6.07, 6.45) is 1.30. The third-order valence-electron chi connectivity index (χ3n) is 2.89. The van der Waals surface area contributed by atoms with Crippen LogP contribution in [0.4, 0.5) is 0 Å². The van der Waals surface area contributed by atoms with Crippen LogP contribution in [-0.2, 0) is 11.4 Å². The van der Waals surface area contributed by atoms with Crippen molar-refractivity contribution in [3.8, 4) is 0 Å². The minimum atomic E-state index is -0.891. The van der Waals surface area contributed by atoms with Gasteiger partial charge in [0.15, 0.2) is 0 Å². The van der Waals surface area contributed by atoms with Crippen LogP contribution >= 0.6 is 0 Å². The van der Waals surface area contributed by atoms with Gasteiger partial charge in [0.05, 0.1) is 12.5 Å². The van der Waals surface area contributed by atoms with Crippen LogP contribution in [0, 0.1) is 5.92 Å². The summed E-state index contributed by atoms with van der Waals surface area (Å²) in [6, 6.07) is 6.54. The largest absolute Gasteiger partial charge is 0.481 e. The Labute approximate surface area is 112 Å². The summed E-state index contributed by atoms with van der Waals surface area (Å²) in [5.74, 6) is -1.74. The van der Waals surface area contributed by atoms with Crippen molar-refractivity contribution in [1.82, 2.24) is 5.32 Å². The van der Waals surface area contributed by atoms with Crippen molar-refractivity contribution in [1.29, 1.82) is 0 Å². The van der Waals surface area contributed by atoms with Crippen LogP contribution in [0.15, 0.2) is 24.3 Å². The number of benzene rings is 1. The fraction of sp³-hybridized carbons (Fsp3) is 0.429. The SMILES string of the molecule is CCCC(CNC(=O)c1ccc(CO)cc1)C(=O)O. The molecule has 0 aliphatic heterocycles. The highest BCUT2D eigenvalue weighted by molar-refractivity contribution is 5.94. The molecule has 3 N–H and O–H groups in total. The van der Waals surface area contributed by atoms with E-state index in [1.807, 2.05) is 6.92 Å². The lowest BCUT2D eigenvalue weighted by Crippen LogP contribution is -2.32. The number of nitrogens with one attached hydrogen (secondary N) is 1. The van der Waals surface area contributed by atoms with E-state index in [9.17, 15) is 9.59 Å². The molecule has 104 valence electrons. The average molecular weight is 265 g/mol. The summed E-state index contributed by atoms with van der Waals surface area (Å²) < 4.78 is 0. The molecule has 1 aromatic rings. The Hall–Kier alpha value is -1.88. The molecule has 5 heteroatoms. The standard InChI is InChI=1S/C14H19NO4/c1-2-3-12(14(18)19)8-15-13(17)11-6-4-10(9-16)5-7-11/h4-7,12,16H,2-3,8-9H2,1H3,(H,15,17)(H,18,19). The number of rotatable bonds is 7. The second-order valence-electron chi connectivity index (χ2n) is 4.39. The molecule has 1 aromatic carbocycles. The summed E-state index contributed by atoms with van der Waals surface area (Å²) >= 11 is 0. The lowest BCUT2D eigenvalue weighted by molar-refractivity contribution is -0.141. The Morgan fingerprint density at radius 2 is 1.89 bits per heavy atom. The minimum Gasteiger partial charge on any atom is -0.481 e. The molecule has 0 aliphatic carbocycles. The first-order valence-electron chi connectivity index (χ1n) is 6.29. The monoisotopic (exact) mass is 265 g/mol. The summed E-state index contributed by atoms with van der Waals surface area (Å²) in [7, 11) is 0. The Morgan fingerprint density at radius 1 is 1.26 bits per heavy atom. The Balaban J connectivity index is 2.56. The molecule has 1 rings (SSSR count). The molecule has 0 bridgehead atoms. The van der Waals surface area contributed by atoms with Gasteiger partial charge >= 0.3 is 5.97 Å². The van der Waals surface area contributed by atoms with Crippen LogP contribution < -0.4 is 5.32 Å². The molecule has 0 radical (unpaired) electrons. The summed E-state index contributed by atoms with van der Waals surface area (Å²) in [6.45, 7) is 1.97. The van der Waals surface area contributed by atoms with E-state index in [0.29, 0.717) is 12.0 Å². The third-order valence-corrected chi connectivity index (χ3v) is 2.89. The van der Waals surface area contributed by atoms with E-state index in [4.69, 9.17) is 10.2 Å². The van der Waals surface area contributed by atoms with E-state index < -0.39 is 11.9 Å². The molecule has 0 aromatic heterocycles. The molecule has 0 spiro atoms. The number of aliphatic hydroxyl groups excluding tert-OH is 1. The zero-order chi connectivity index (χ0) is 14.3. The average Bonchev–Trinajstić information content (AvgIpc) is 2.42. The highest BCUT2D eigenvalue weighted by Gasteiger charge is 2.17. The van der Waals surface area contributed by atoms with Crippen LogP contribution in [0.25, 0.3) is 0 Å². The number of carbonyl (C=O) groups excluding carboxylic acids is 1. The molecule has 1 atom stereocenters. The lowest BCUT2D eigenvalue weighted by atomic mass is 10.0. The number of carboxylic acids is 1. The van der Waals surface area contributed by atoms with E-state index in [-0.39, 0.29) is 19.1 Å². The summed E-state index contributed by atoms with van der Waals surface area (Å²) in [5, 5.41) is 20.5. The van der Waals surface area contributed by atoms with E-state index in [1.54, 1.807) is 24.3 Å². The number of carbonyl (C=O) groups is 2. The van der Waals surface area contributed by atoms with Gasteiger partial charge in [-0.25, -0.2) is 0 Å². The van der Waals surface area contributed by atoms with Crippen molar-refractivity contribution >= 4 is 11.9 Å². The minimum absolute atomic E-state index is 0.0700. The van der Waals surface area contributed by atoms with E-state index in [1.165, 1.54) is 0 Å². The molecule has 1 amide bonds. The first-order chi connectivity index (χ1) is 9.08. The zero-order valence-electron chi connectivity index (χ0n) is 10.9. The second kappa shape index (κ2) is 7.53. The molecule has 0 aliphatic rings. The van der Waals surface area contributed by atoms with E-state index >= 15 is 0 Å². The number of hydrogen-bond donors (Lipinski definition) is 3. The second-order valence-corrected chi connectivity index (χ2v) is 4.39. The first kappa shape index (κ1) is 15.2. The Kier molecular flexibility index (Phi) is 6.02. The van der Waals surface area contributed by atoms with Gasteiger partial charge in [0.25, 0.3) is 5.91 Å². The highest BCUT2D eigenvalue weighted by Crippen LogP contribution is 2.07. The number of carboxylic acid groups (broad SMARTS) is 1. The fourth-order valence-electron chi connectivity index (χ4n) is 1.74. The first-order valence-corrected chi connectivity index (χ1v) is 6.29. The van der Waals surface area contributed by atoms with Gasteiger partial charge in [0.2, 0.25) is 0 Å². The fourth-order valence-corrected chi connectivity index (χ4v) is 1.74. The van der Waals surface area contributed by atoms with Gasteiger partial charge in [0, 0.05) is 12.1 Å². The van der Waals surface area contributed by atoms with Crippen molar-refractivity contribution in [3.05, 3.63) is 35.4 Å². The van der Waals surface area contributed by atoms with Gasteiger partial charge in [-0.15, -0.1) is 0 Å². The summed E-state index contributed by atoms with van der Waals surface area (Å²) in [5.41, 5.74) is 1.18. The maximum Gasteiger partial charge on any atom is 0.308 e. The van der Waals surface area contributed by atoms with Gasteiger partial charge in [-0.05, 0) is 24.1 Å². The number of hydrogen-bond acceptors (Lipinski definition) is 3. The van der Waals surface area contributed by atoms with Crippen LogP contribution in [0.3, 0.4) is 0 Å². The molecule has 0 saturated carbocycles. The van der Waals surface area contributed by atoms with Gasteiger partial charge in [-0.2, -0.15) is 0 Å². The number of amides is 1. The van der Waals surface area contributed by atoms with E-state index in [2.05, 4.69) is 5.32 Å². The smallest absolute Gasteiger partial charge is 0.308 e. The van der Waals surface area contributed by atoms with Crippen LogP contribution in [-0.4, -0.2) is 28.6 Å². The van der Waals surface area contributed by atoms with Crippen molar-refractivity contribution < 1.29 is 19.8 Å². The molecule has 0 fully saturated rings. The maximum absolute atomic E-state index is 11.8. The van der Waals surface area contributed by atoms with Gasteiger partial charge in [-0.1, -0.05) is 25.5 Å². The van der Waals surface area contributed by atoms with Crippen molar-refractivity contribution in [2.24, 2.45) is 5.92 Å². The third kappa shape index (κ3) is 4.71. The predicted molar refractivity (Wildman–Crippen MR) is 70.7 cm³/mol. The Morgan fingerprint density at radius 3 is 2.37 bits per heavy atom. The number of aliphatic carboxylic acids is 1. The van der Waals surface area contributed by atoms with Gasteiger partial charge in [0.1, 0.15) is 0 Å². The highest BCUT2D eigenvalue weighted by atomic mass is 16.4. The van der Waals surface area contributed by atoms with E-state index in [0.717, 1.165) is 12.0 Å². The molecule has 0 heterocycles. The van der Waals surface area contributed by atoms with Crippen molar-refractivity contribution in [3.63, 3.8) is 0 Å². The number of aliphatic hydroxyl groups is 1. The molecule has 0 saturated heterocycles. The Bertz CT molecular complexity index is 428. The zero-order valence-corrected chi connectivity index (χ0v) is 10.9. The van der Waals surface area contributed by atoms with Crippen LogP contribution in [0.5, 0.6) is 0 Å². The topological polar surface area (TPSA) is 86.6 Å². The maximum atomic E-state index is 11.8. The molecule has 19 heavy (non-hydrogen) atoms. The lowest BCUT2D eigenvalue weighted by Gasteiger charge is -2.12. The predicted octanol–water partition coefficient (Wildman–Crippen LogP) is 1.41. The summed E-state index contributed by atoms with van der Waals surface area (Å²) in [4.78, 5) is 22.8. The molecular weight excluding hydrogens is 246 g/mol. The molecular formula is C14H19NO4.